The molecule has 3 nitrogen and oxygen atoms in total. The summed E-state index contributed by atoms with van der Waals surface area (Å²) in [5, 5.41) is 2.89. The van der Waals surface area contributed by atoms with Gasteiger partial charge in [0, 0.05) is 22.3 Å². The normalized spacial score (nSPS) is 10.3. The standard InChI is InChI=1S/C15H15BrN2O/c1-10-6-12(8-13(16)7-10)15(19)18-14-5-3-2-4-11(14)9-17/h2-8H,9,17H2,1H3,(H,18,19). The molecule has 0 unspecified atom stereocenters. The molecule has 19 heavy (non-hydrogen) atoms. The second-order valence-electron chi connectivity index (χ2n) is 4.33. The number of nitrogens with two attached hydrogens (primary N) is 1. The van der Waals surface area contributed by atoms with Crippen molar-refractivity contribution in [2.45, 2.75) is 13.5 Å². The van der Waals surface area contributed by atoms with E-state index in [-0.39, 0.29) is 5.91 Å². The van der Waals surface area contributed by atoms with Gasteiger partial charge in [0.25, 0.3) is 5.91 Å². The molecule has 4 heteroatoms. The lowest BCUT2D eigenvalue weighted by Gasteiger charge is -2.10. The fourth-order valence-corrected chi connectivity index (χ4v) is 2.49. The minimum Gasteiger partial charge on any atom is -0.326 e. The predicted molar refractivity (Wildman–Crippen MR) is 81.2 cm³/mol. The maximum Gasteiger partial charge on any atom is 0.255 e. The van der Waals surface area contributed by atoms with Gasteiger partial charge in [-0.1, -0.05) is 34.1 Å². The molecular weight excluding hydrogens is 304 g/mol. The molecule has 0 fully saturated rings. The molecule has 0 aliphatic heterocycles. The van der Waals surface area contributed by atoms with Gasteiger partial charge in [0.2, 0.25) is 0 Å². The number of carbonyl (C=O) groups excluding carboxylic acids is 1. The number of hydrogen-bond donors (Lipinski definition) is 2. The number of hydrogen-bond acceptors (Lipinski definition) is 2. The van der Waals surface area contributed by atoms with Crippen LogP contribution >= 0.6 is 15.9 Å². The molecule has 0 aromatic heterocycles. The SMILES string of the molecule is Cc1cc(Br)cc(C(=O)Nc2ccccc2CN)c1. The molecule has 0 heterocycles. The van der Waals surface area contributed by atoms with Crippen LogP contribution < -0.4 is 11.1 Å². The summed E-state index contributed by atoms with van der Waals surface area (Å²) in [5.41, 5.74) is 8.99. The van der Waals surface area contributed by atoms with Crippen LogP contribution in [-0.4, -0.2) is 5.91 Å². The molecule has 0 saturated carbocycles. The van der Waals surface area contributed by atoms with Gasteiger partial charge in [0.15, 0.2) is 0 Å². The summed E-state index contributed by atoms with van der Waals surface area (Å²) < 4.78 is 0.893. The van der Waals surface area contributed by atoms with Crippen molar-refractivity contribution in [1.29, 1.82) is 0 Å². The molecule has 3 N–H and O–H groups in total. The first-order valence-corrected chi connectivity index (χ1v) is 6.76. The number of rotatable bonds is 3. The van der Waals surface area contributed by atoms with Crippen molar-refractivity contribution >= 4 is 27.5 Å². The fourth-order valence-electron chi connectivity index (χ4n) is 1.88. The van der Waals surface area contributed by atoms with Gasteiger partial charge in [-0.25, -0.2) is 0 Å². The van der Waals surface area contributed by atoms with Crippen LogP contribution in [0.5, 0.6) is 0 Å². The number of nitrogens with one attached hydrogen (secondary N) is 1. The molecule has 0 atom stereocenters. The quantitative estimate of drug-likeness (QED) is 0.910. The van der Waals surface area contributed by atoms with Crippen LogP contribution in [0.4, 0.5) is 5.69 Å². The topological polar surface area (TPSA) is 55.1 Å². The summed E-state index contributed by atoms with van der Waals surface area (Å²) in [6.07, 6.45) is 0. The number of amides is 1. The van der Waals surface area contributed by atoms with Crippen LogP contribution in [-0.2, 0) is 6.54 Å². The van der Waals surface area contributed by atoms with Crippen molar-refractivity contribution < 1.29 is 4.79 Å². The van der Waals surface area contributed by atoms with Crippen molar-refractivity contribution in [3.8, 4) is 0 Å². The van der Waals surface area contributed by atoms with Crippen LogP contribution in [0.1, 0.15) is 21.5 Å². The van der Waals surface area contributed by atoms with Crippen LogP contribution in [0.2, 0.25) is 0 Å². The number of benzene rings is 2. The Hall–Kier alpha value is -1.65. The average molecular weight is 319 g/mol. The number of para-hydroxylation sites is 1. The van der Waals surface area contributed by atoms with E-state index in [1.165, 1.54) is 0 Å². The average Bonchev–Trinajstić information content (AvgIpc) is 2.38. The Labute approximate surface area is 121 Å². The number of halogens is 1. The van der Waals surface area contributed by atoms with Crippen molar-refractivity contribution in [2.75, 3.05) is 5.32 Å². The van der Waals surface area contributed by atoms with Crippen LogP contribution in [0.25, 0.3) is 0 Å². The maximum absolute atomic E-state index is 12.2. The lowest BCUT2D eigenvalue weighted by atomic mass is 10.1. The number of anilines is 1. The highest BCUT2D eigenvalue weighted by Crippen LogP contribution is 2.18. The lowest BCUT2D eigenvalue weighted by Crippen LogP contribution is -2.14. The van der Waals surface area contributed by atoms with Crippen molar-refractivity contribution in [3.05, 3.63) is 63.6 Å². The molecule has 1 amide bonds. The highest BCUT2D eigenvalue weighted by Gasteiger charge is 2.09. The zero-order valence-corrected chi connectivity index (χ0v) is 12.2. The smallest absolute Gasteiger partial charge is 0.255 e. The maximum atomic E-state index is 12.2. The first-order chi connectivity index (χ1) is 9.10. The summed E-state index contributed by atoms with van der Waals surface area (Å²) in [6.45, 7) is 2.35. The second-order valence-corrected chi connectivity index (χ2v) is 5.25. The van der Waals surface area contributed by atoms with Crippen molar-refractivity contribution in [2.24, 2.45) is 5.73 Å². The van der Waals surface area contributed by atoms with E-state index < -0.39 is 0 Å². The zero-order chi connectivity index (χ0) is 13.8. The first kappa shape index (κ1) is 13.8. The first-order valence-electron chi connectivity index (χ1n) is 5.96. The van der Waals surface area contributed by atoms with E-state index >= 15 is 0 Å². The molecule has 0 radical (unpaired) electrons. The van der Waals surface area contributed by atoms with Gasteiger partial charge in [0.05, 0.1) is 0 Å². The second kappa shape index (κ2) is 5.99. The van der Waals surface area contributed by atoms with Gasteiger partial charge in [-0.2, -0.15) is 0 Å². The Kier molecular flexibility index (Phi) is 4.35. The summed E-state index contributed by atoms with van der Waals surface area (Å²) in [4.78, 5) is 12.2. The van der Waals surface area contributed by atoms with Gasteiger partial charge < -0.3 is 11.1 Å². The fraction of sp³-hybridized carbons (Fsp3) is 0.133. The molecule has 0 spiro atoms. The zero-order valence-electron chi connectivity index (χ0n) is 10.6. The van der Waals surface area contributed by atoms with Gasteiger partial charge in [0.1, 0.15) is 0 Å². The van der Waals surface area contributed by atoms with Gasteiger partial charge in [-0.3, -0.25) is 4.79 Å². The van der Waals surface area contributed by atoms with Crippen molar-refractivity contribution in [3.63, 3.8) is 0 Å². The molecule has 2 aromatic rings. The minimum absolute atomic E-state index is 0.134. The molecule has 0 saturated heterocycles. The molecule has 2 aromatic carbocycles. The molecular formula is C15H15BrN2O. The Morgan fingerprint density at radius 3 is 2.68 bits per heavy atom. The van der Waals surface area contributed by atoms with E-state index in [0.29, 0.717) is 12.1 Å². The van der Waals surface area contributed by atoms with Crippen molar-refractivity contribution in [1.82, 2.24) is 0 Å². The lowest BCUT2D eigenvalue weighted by molar-refractivity contribution is 0.102. The molecule has 0 bridgehead atoms. The molecule has 0 aliphatic rings. The summed E-state index contributed by atoms with van der Waals surface area (Å²) in [5.74, 6) is -0.134. The third-order valence-electron chi connectivity index (χ3n) is 2.79. The third kappa shape index (κ3) is 3.43. The van der Waals surface area contributed by atoms with E-state index in [9.17, 15) is 4.79 Å². The Bertz CT molecular complexity index is 591. The predicted octanol–water partition coefficient (Wildman–Crippen LogP) is 3.47. The van der Waals surface area contributed by atoms with E-state index in [2.05, 4.69) is 21.2 Å². The van der Waals surface area contributed by atoms with Crippen LogP contribution in [0.15, 0.2) is 46.9 Å². The highest BCUT2D eigenvalue weighted by atomic mass is 79.9. The van der Waals surface area contributed by atoms with Crippen LogP contribution in [0, 0.1) is 6.92 Å². The Balaban J connectivity index is 2.25. The summed E-state index contributed by atoms with van der Waals surface area (Å²) in [6, 6.07) is 13.2. The third-order valence-corrected chi connectivity index (χ3v) is 3.25. The van der Waals surface area contributed by atoms with E-state index in [1.54, 1.807) is 6.07 Å². The minimum atomic E-state index is -0.134. The van der Waals surface area contributed by atoms with Gasteiger partial charge >= 0.3 is 0 Å². The van der Waals surface area contributed by atoms with E-state index in [0.717, 1.165) is 21.3 Å². The van der Waals surface area contributed by atoms with Gasteiger partial charge in [-0.05, 0) is 42.3 Å². The molecule has 98 valence electrons. The summed E-state index contributed by atoms with van der Waals surface area (Å²) in [7, 11) is 0. The van der Waals surface area contributed by atoms with E-state index in [4.69, 9.17) is 5.73 Å². The summed E-state index contributed by atoms with van der Waals surface area (Å²) >= 11 is 3.39. The number of carbonyl (C=O) groups is 1. The van der Waals surface area contributed by atoms with Gasteiger partial charge in [-0.15, -0.1) is 0 Å². The highest BCUT2D eigenvalue weighted by molar-refractivity contribution is 9.10. The van der Waals surface area contributed by atoms with E-state index in [1.807, 2.05) is 43.3 Å². The number of aryl methyl sites for hydroxylation is 1. The Morgan fingerprint density at radius 1 is 1.26 bits per heavy atom. The van der Waals surface area contributed by atoms with Crippen LogP contribution in [0.3, 0.4) is 0 Å². The largest absolute Gasteiger partial charge is 0.326 e. The molecule has 2 rings (SSSR count). The Morgan fingerprint density at radius 2 is 2.00 bits per heavy atom. The molecule has 0 aliphatic carbocycles. The monoisotopic (exact) mass is 318 g/mol.